The average Bonchev–Trinajstić information content (AvgIpc) is 2.33. The Morgan fingerprint density at radius 3 is 2.90 bits per heavy atom. The van der Waals surface area contributed by atoms with Gasteiger partial charge in [0.1, 0.15) is 6.04 Å². The Kier molecular flexibility index (Phi) is 2.21. The number of rotatable bonds is 2. The summed E-state index contributed by atoms with van der Waals surface area (Å²) in [5.74, 6) is -1.27. The van der Waals surface area contributed by atoms with Gasteiger partial charge in [0.05, 0.1) is 6.67 Å². The Hall–Kier alpha value is -0.640. The molecule has 10 heavy (non-hydrogen) atoms. The van der Waals surface area contributed by atoms with Crippen LogP contribution in [-0.4, -0.2) is 30.3 Å². The predicted molar refractivity (Wildman–Crippen MR) is 33.5 cm³/mol. The van der Waals surface area contributed by atoms with E-state index >= 15 is 0 Å². The highest BCUT2D eigenvalue weighted by Crippen LogP contribution is 2.15. The molecule has 0 aromatic carbocycles. The molecule has 1 aliphatic heterocycles. The van der Waals surface area contributed by atoms with E-state index in [9.17, 15) is 9.18 Å². The molecule has 2 atom stereocenters. The van der Waals surface area contributed by atoms with Gasteiger partial charge in [-0.05, 0) is 13.0 Å². The van der Waals surface area contributed by atoms with Crippen LogP contribution in [0.3, 0.4) is 0 Å². The second-order valence-corrected chi connectivity index (χ2v) is 2.47. The number of alkyl halides is 1. The van der Waals surface area contributed by atoms with Gasteiger partial charge in [0.25, 0.3) is 0 Å². The number of hydrogen-bond donors (Lipinski definition) is 2. The Morgan fingerprint density at radius 2 is 2.50 bits per heavy atom. The number of halogens is 1. The molecule has 58 valence electrons. The first-order valence-electron chi connectivity index (χ1n) is 3.28. The van der Waals surface area contributed by atoms with Crippen LogP contribution in [0.4, 0.5) is 4.39 Å². The van der Waals surface area contributed by atoms with Crippen LogP contribution < -0.4 is 5.32 Å². The van der Waals surface area contributed by atoms with Crippen LogP contribution in [0.1, 0.15) is 6.42 Å². The van der Waals surface area contributed by atoms with Crippen LogP contribution in [0, 0.1) is 5.92 Å². The molecular formula is C6H10FNO2. The van der Waals surface area contributed by atoms with Crippen LogP contribution in [0.25, 0.3) is 0 Å². The summed E-state index contributed by atoms with van der Waals surface area (Å²) >= 11 is 0. The minimum absolute atomic E-state index is 0.322. The first-order chi connectivity index (χ1) is 4.75. The van der Waals surface area contributed by atoms with Gasteiger partial charge in [-0.1, -0.05) is 0 Å². The number of nitrogens with one attached hydrogen (secondary N) is 1. The van der Waals surface area contributed by atoms with Gasteiger partial charge < -0.3 is 10.4 Å². The Morgan fingerprint density at radius 1 is 1.80 bits per heavy atom. The van der Waals surface area contributed by atoms with E-state index in [4.69, 9.17) is 5.11 Å². The van der Waals surface area contributed by atoms with Crippen LogP contribution >= 0.6 is 0 Å². The van der Waals surface area contributed by atoms with Crippen LogP contribution in [-0.2, 0) is 4.79 Å². The van der Waals surface area contributed by atoms with Crippen molar-refractivity contribution < 1.29 is 14.3 Å². The fourth-order valence-corrected chi connectivity index (χ4v) is 1.21. The third-order valence-electron chi connectivity index (χ3n) is 1.82. The fraction of sp³-hybridized carbons (Fsp3) is 0.833. The highest BCUT2D eigenvalue weighted by Gasteiger charge is 2.32. The third kappa shape index (κ3) is 1.26. The molecule has 0 aromatic rings. The quantitative estimate of drug-likeness (QED) is 0.578. The number of carboxylic acids is 1. The maximum Gasteiger partial charge on any atom is 0.321 e. The minimum atomic E-state index is -0.944. The van der Waals surface area contributed by atoms with Gasteiger partial charge in [0.2, 0.25) is 0 Å². The van der Waals surface area contributed by atoms with Crippen molar-refractivity contribution in [3.8, 4) is 0 Å². The lowest BCUT2D eigenvalue weighted by Gasteiger charge is -2.09. The normalized spacial score (nSPS) is 32.5. The van der Waals surface area contributed by atoms with Gasteiger partial charge >= 0.3 is 5.97 Å². The zero-order valence-corrected chi connectivity index (χ0v) is 5.51. The number of carboxylic acid groups (broad SMARTS) is 1. The molecule has 1 fully saturated rings. The van der Waals surface area contributed by atoms with E-state index in [0.717, 1.165) is 0 Å². The molecule has 1 rings (SSSR count). The summed E-state index contributed by atoms with van der Waals surface area (Å²) in [5.41, 5.74) is 0. The maximum atomic E-state index is 12.0. The molecule has 3 nitrogen and oxygen atoms in total. The van der Waals surface area contributed by atoms with Gasteiger partial charge in [0, 0.05) is 5.92 Å². The van der Waals surface area contributed by atoms with Crippen molar-refractivity contribution in [3.63, 3.8) is 0 Å². The van der Waals surface area contributed by atoms with Crippen LogP contribution in [0.2, 0.25) is 0 Å². The lowest BCUT2D eigenvalue weighted by atomic mass is 10.0. The summed E-state index contributed by atoms with van der Waals surface area (Å²) in [7, 11) is 0. The summed E-state index contributed by atoms with van der Waals surface area (Å²) < 4.78 is 12.0. The van der Waals surface area contributed by atoms with Crippen molar-refractivity contribution in [3.05, 3.63) is 0 Å². The molecule has 0 spiro atoms. The van der Waals surface area contributed by atoms with E-state index in [1.165, 1.54) is 0 Å². The number of hydrogen-bond acceptors (Lipinski definition) is 2. The molecule has 4 heteroatoms. The van der Waals surface area contributed by atoms with Crippen molar-refractivity contribution in [2.45, 2.75) is 12.5 Å². The van der Waals surface area contributed by atoms with Crippen LogP contribution in [0.5, 0.6) is 0 Å². The lowest BCUT2D eigenvalue weighted by Crippen LogP contribution is -2.36. The largest absolute Gasteiger partial charge is 0.480 e. The van der Waals surface area contributed by atoms with Crippen molar-refractivity contribution >= 4 is 5.97 Å². The molecule has 0 radical (unpaired) electrons. The van der Waals surface area contributed by atoms with Crippen molar-refractivity contribution in [1.29, 1.82) is 0 Å². The molecule has 1 heterocycles. The van der Waals surface area contributed by atoms with E-state index in [1.54, 1.807) is 0 Å². The molecule has 0 saturated carbocycles. The number of carbonyl (C=O) groups is 1. The standard InChI is InChI=1S/C6H10FNO2/c7-3-4-1-2-8-5(4)6(9)10/h4-5,8H,1-3H2,(H,9,10). The maximum absolute atomic E-state index is 12.0. The molecule has 1 aliphatic rings. The van der Waals surface area contributed by atoms with Crippen molar-refractivity contribution in [2.75, 3.05) is 13.2 Å². The topological polar surface area (TPSA) is 49.3 Å². The Balaban J connectivity index is 2.50. The van der Waals surface area contributed by atoms with E-state index in [0.29, 0.717) is 13.0 Å². The summed E-state index contributed by atoms with van der Waals surface area (Å²) in [4.78, 5) is 10.3. The minimum Gasteiger partial charge on any atom is -0.480 e. The van der Waals surface area contributed by atoms with E-state index < -0.39 is 18.7 Å². The Labute approximate surface area is 58.2 Å². The first kappa shape index (κ1) is 7.47. The van der Waals surface area contributed by atoms with Gasteiger partial charge in [-0.15, -0.1) is 0 Å². The van der Waals surface area contributed by atoms with E-state index in [1.807, 2.05) is 0 Å². The smallest absolute Gasteiger partial charge is 0.321 e. The molecule has 1 saturated heterocycles. The summed E-state index contributed by atoms with van der Waals surface area (Å²) in [6, 6.07) is -0.662. The van der Waals surface area contributed by atoms with Gasteiger partial charge in [0.15, 0.2) is 0 Å². The molecule has 0 aliphatic carbocycles. The van der Waals surface area contributed by atoms with Gasteiger partial charge in [-0.25, -0.2) is 0 Å². The molecule has 0 amide bonds. The average molecular weight is 147 g/mol. The summed E-state index contributed by atoms with van der Waals surface area (Å²) in [6.45, 7) is 0.0789. The zero-order valence-electron chi connectivity index (χ0n) is 5.51. The molecular weight excluding hydrogens is 137 g/mol. The molecule has 0 bridgehead atoms. The first-order valence-corrected chi connectivity index (χ1v) is 3.28. The fourth-order valence-electron chi connectivity index (χ4n) is 1.21. The van der Waals surface area contributed by atoms with E-state index in [-0.39, 0.29) is 5.92 Å². The monoisotopic (exact) mass is 147 g/mol. The highest BCUT2D eigenvalue weighted by molar-refractivity contribution is 5.74. The SMILES string of the molecule is O=C(O)C1NCCC1CF. The predicted octanol–water partition coefficient (Wildman–Crippen LogP) is 0.0186. The van der Waals surface area contributed by atoms with Gasteiger partial charge in [-0.2, -0.15) is 0 Å². The second-order valence-electron chi connectivity index (χ2n) is 2.47. The zero-order chi connectivity index (χ0) is 7.56. The second kappa shape index (κ2) is 2.96. The van der Waals surface area contributed by atoms with Crippen molar-refractivity contribution in [2.24, 2.45) is 5.92 Å². The molecule has 2 N–H and O–H groups in total. The molecule has 2 unspecified atom stereocenters. The lowest BCUT2D eigenvalue weighted by molar-refractivity contribution is -0.140. The third-order valence-corrected chi connectivity index (χ3v) is 1.82. The highest BCUT2D eigenvalue weighted by atomic mass is 19.1. The molecule has 0 aromatic heterocycles. The summed E-state index contributed by atoms with van der Waals surface area (Å²) in [5, 5.41) is 11.2. The van der Waals surface area contributed by atoms with E-state index in [2.05, 4.69) is 5.32 Å². The Bertz CT molecular complexity index is 140. The van der Waals surface area contributed by atoms with Gasteiger partial charge in [-0.3, -0.25) is 9.18 Å². The summed E-state index contributed by atoms with van der Waals surface area (Å²) in [6.07, 6.45) is 0.632. The van der Waals surface area contributed by atoms with Crippen LogP contribution in [0.15, 0.2) is 0 Å². The number of aliphatic carboxylic acids is 1. The van der Waals surface area contributed by atoms with Crippen molar-refractivity contribution in [1.82, 2.24) is 5.32 Å².